The molecule has 0 spiro atoms. The van der Waals surface area contributed by atoms with Crippen LogP contribution in [0.25, 0.3) is 5.69 Å². The van der Waals surface area contributed by atoms with Gasteiger partial charge in [-0.25, -0.2) is 9.67 Å². The number of halogens is 1. The van der Waals surface area contributed by atoms with Crippen molar-refractivity contribution in [2.24, 2.45) is 0 Å². The summed E-state index contributed by atoms with van der Waals surface area (Å²) in [6.07, 6.45) is 4.48. The van der Waals surface area contributed by atoms with Crippen LogP contribution in [0.15, 0.2) is 42.7 Å². The maximum absolute atomic E-state index is 12.0. The summed E-state index contributed by atoms with van der Waals surface area (Å²) in [6, 6.07) is 9.90. The number of nitrogens with zero attached hydrogens (tertiary/aromatic N) is 3. The molecule has 0 saturated carbocycles. The Hall–Kier alpha value is -2.18. The van der Waals surface area contributed by atoms with Gasteiger partial charge in [-0.2, -0.15) is 5.10 Å². The molecule has 0 bridgehead atoms. The van der Waals surface area contributed by atoms with E-state index in [1.165, 1.54) is 11.3 Å². The number of carbonyl (C=O) groups is 1. The van der Waals surface area contributed by atoms with E-state index in [0.717, 1.165) is 16.1 Å². The molecule has 23 heavy (non-hydrogen) atoms. The lowest BCUT2D eigenvalue weighted by molar-refractivity contribution is 0.0949. The summed E-state index contributed by atoms with van der Waals surface area (Å²) >= 11 is 7.13. The van der Waals surface area contributed by atoms with Gasteiger partial charge in [0.2, 0.25) is 0 Å². The van der Waals surface area contributed by atoms with E-state index in [-0.39, 0.29) is 5.91 Å². The van der Waals surface area contributed by atoms with Crippen molar-refractivity contribution in [2.45, 2.75) is 13.3 Å². The predicted octanol–water partition coefficient (Wildman–Crippen LogP) is 3.26. The van der Waals surface area contributed by atoms with E-state index < -0.39 is 0 Å². The molecule has 0 radical (unpaired) electrons. The molecule has 0 saturated heterocycles. The summed E-state index contributed by atoms with van der Waals surface area (Å²) in [6.45, 7) is 2.36. The molecular formula is C16H15ClN4OS. The highest BCUT2D eigenvalue weighted by Gasteiger charge is 2.14. The maximum Gasteiger partial charge on any atom is 0.271 e. The third-order valence-corrected chi connectivity index (χ3v) is 4.42. The van der Waals surface area contributed by atoms with Crippen LogP contribution in [0.3, 0.4) is 0 Å². The van der Waals surface area contributed by atoms with Crippen molar-refractivity contribution in [1.82, 2.24) is 20.1 Å². The largest absolute Gasteiger partial charge is 0.350 e. The molecule has 7 heteroatoms. The fourth-order valence-corrected chi connectivity index (χ4v) is 3.25. The zero-order valence-electron chi connectivity index (χ0n) is 12.5. The monoisotopic (exact) mass is 346 g/mol. The minimum atomic E-state index is -0.193. The summed E-state index contributed by atoms with van der Waals surface area (Å²) in [5, 5.41) is 7.20. The van der Waals surface area contributed by atoms with Crippen molar-refractivity contribution in [3.8, 4) is 5.69 Å². The van der Waals surface area contributed by atoms with Crippen LogP contribution in [0.5, 0.6) is 0 Å². The highest BCUT2D eigenvalue weighted by atomic mass is 35.5. The predicted molar refractivity (Wildman–Crippen MR) is 91.5 cm³/mol. The molecule has 1 aromatic carbocycles. The van der Waals surface area contributed by atoms with Crippen molar-refractivity contribution in [3.63, 3.8) is 0 Å². The van der Waals surface area contributed by atoms with Crippen molar-refractivity contribution >= 4 is 28.8 Å². The van der Waals surface area contributed by atoms with Crippen LogP contribution in [-0.2, 0) is 6.42 Å². The van der Waals surface area contributed by atoms with Crippen molar-refractivity contribution in [2.75, 3.05) is 6.54 Å². The highest BCUT2D eigenvalue weighted by Crippen LogP contribution is 2.21. The van der Waals surface area contributed by atoms with Gasteiger partial charge in [0.15, 0.2) is 4.47 Å². The van der Waals surface area contributed by atoms with Gasteiger partial charge in [0, 0.05) is 17.6 Å². The first-order valence-corrected chi connectivity index (χ1v) is 8.33. The van der Waals surface area contributed by atoms with Gasteiger partial charge in [0.25, 0.3) is 5.91 Å². The quantitative estimate of drug-likeness (QED) is 0.771. The molecular weight excluding hydrogens is 332 g/mol. The normalized spacial score (nSPS) is 10.7. The summed E-state index contributed by atoms with van der Waals surface area (Å²) in [4.78, 5) is 16.9. The molecule has 2 heterocycles. The topological polar surface area (TPSA) is 59.8 Å². The molecule has 0 aliphatic carbocycles. The Kier molecular flexibility index (Phi) is 4.73. The average Bonchev–Trinajstić information content (AvgIpc) is 3.14. The van der Waals surface area contributed by atoms with E-state index >= 15 is 0 Å². The number of aromatic nitrogens is 3. The molecule has 118 valence electrons. The Balaban J connectivity index is 1.56. The molecule has 3 aromatic rings. The Morgan fingerprint density at radius 3 is 2.83 bits per heavy atom. The first-order chi connectivity index (χ1) is 11.1. The number of carbonyl (C=O) groups excluding carboxylic acids is 1. The van der Waals surface area contributed by atoms with Crippen LogP contribution in [0.2, 0.25) is 4.47 Å². The first-order valence-electron chi connectivity index (χ1n) is 7.13. The van der Waals surface area contributed by atoms with E-state index in [0.29, 0.717) is 23.1 Å². The van der Waals surface area contributed by atoms with Crippen LogP contribution in [0, 0.1) is 6.92 Å². The summed E-state index contributed by atoms with van der Waals surface area (Å²) < 4.78 is 2.21. The molecule has 0 unspecified atom stereocenters. The van der Waals surface area contributed by atoms with Crippen LogP contribution >= 0.6 is 22.9 Å². The van der Waals surface area contributed by atoms with Gasteiger partial charge < -0.3 is 5.32 Å². The molecule has 3 rings (SSSR count). The van der Waals surface area contributed by atoms with Crippen LogP contribution < -0.4 is 5.32 Å². The fourth-order valence-electron chi connectivity index (χ4n) is 2.19. The van der Waals surface area contributed by atoms with Gasteiger partial charge in [0.05, 0.1) is 11.9 Å². The first kappa shape index (κ1) is 15.7. The second-order valence-electron chi connectivity index (χ2n) is 5.01. The van der Waals surface area contributed by atoms with Crippen molar-refractivity contribution < 1.29 is 4.79 Å². The molecule has 0 aliphatic rings. The lowest BCUT2D eigenvalue weighted by atomic mass is 10.2. The highest BCUT2D eigenvalue weighted by molar-refractivity contribution is 7.15. The number of nitrogens with one attached hydrogen (secondary N) is 1. The van der Waals surface area contributed by atoms with E-state index in [1.807, 2.05) is 54.3 Å². The second kappa shape index (κ2) is 6.93. The van der Waals surface area contributed by atoms with Gasteiger partial charge >= 0.3 is 0 Å². The minimum Gasteiger partial charge on any atom is -0.350 e. The summed E-state index contributed by atoms with van der Waals surface area (Å²) in [7, 11) is 0. The fraction of sp³-hybridized carbons (Fsp3) is 0.188. The minimum absolute atomic E-state index is 0.193. The van der Waals surface area contributed by atoms with E-state index in [2.05, 4.69) is 15.4 Å². The smallest absolute Gasteiger partial charge is 0.271 e. The number of benzene rings is 1. The second-order valence-corrected chi connectivity index (χ2v) is 6.79. The number of amides is 1. The SMILES string of the molecule is Cc1sc(Cl)nc1C(=O)NCCc1cnn(-c2ccccc2)c1. The van der Waals surface area contributed by atoms with E-state index in [9.17, 15) is 4.79 Å². The van der Waals surface area contributed by atoms with Crippen molar-refractivity contribution in [1.29, 1.82) is 0 Å². The number of para-hydroxylation sites is 1. The van der Waals surface area contributed by atoms with Crippen LogP contribution in [-0.4, -0.2) is 27.2 Å². The zero-order chi connectivity index (χ0) is 16.2. The number of hydrogen-bond donors (Lipinski definition) is 1. The molecule has 0 fully saturated rings. The number of hydrogen-bond acceptors (Lipinski definition) is 4. The number of rotatable bonds is 5. The molecule has 2 aromatic heterocycles. The van der Waals surface area contributed by atoms with Crippen molar-refractivity contribution in [3.05, 3.63) is 63.3 Å². The average molecular weight is 347 g/mol. The molecule has 1 N–H and O–H groups in total. The van der Waals surface area contributed by atoms with Gasteiger partial charge in [-0.15, -0.1) is 11.3 Å². The number of aryl methyl sites for hydroxylation is 1. The van der Waals surface area contributed by atoms with Crippen LogP contribution in [0.4, 0.5) is 0 Å². The Morgan fingerprint density at radius 2 is 2.13 bits per heavy atom. The van der Waals surface area contributed by atoms with Gasteiger partial charge in [-0.05, 0) is 31.0 Å². The molecule has 0 atom stereocenters. The van der Waals surface area contributed by atoms with Crippen LogP contribution in [0.1, 0.15) is 20.9 Å². The lowest BCUT2D eigenvalue weighted by Gasteiger charge is -2.02. The zero-order valence-corrected chi connectivity index (χ0v) is 14.1. The molecule has 1 amide bonds. The molecule has 5 nitrogen and oxygen atoms in total. The third kappa shape index (κ3) is 3.78. The Labute approximate surface area is 142 Å². The Bertz CT molecular complexity index is 813. The maximum atomic E-state index is 12.0. The third-order valence-electron chi connectivity index (χ3n) is 3.34. The summed E-state index contributed by atoms with van der Waals surface area (Å²) in [5.74, 6) is -0.193. The van der Waals surface area contributed by atoms with E-state index in [4.69, 9.17) is 11.6 Å². The molecule has 0 aliphatic heterocycles. The van der Waals surface area contributed by atoms with E-state index in [1.54, 1.807) is 0 Å². The van der Waals surface area contributed by atoms with Gasteiger partial charge in [0.1, 0.15) is 5.69 Å². The lowest BCUT2D eigenvalue weighted by Crippen LogP contribution is -2.26. The standard InChI is InChI=1S/C16H15ClN4OS/c1-11-14(20-16(17)23-11)15(22)18-8-7-12-9-19-21(10-12)13-5-3-2-4-6-13/h2-6,9-10H,7-8H2,1H3,(H,18,22). The Morgan fingerprint density at radius 1 is 1.35 bits per heavy atom. The van der Waals surface area contributed by atoms with Gasteiger partial charge in [-0.1, -0.05) is 29.8 Å². The summed E-state index contributed by atoms with van der Waals surface area (Å²) in [5.41, 5.74) is 2.47. The van der Waals surface area contributed by atoms with Gasteiger partial charge in [-0.3, -0.25) is 4.79 Å². The number of thiazole rings is 1.